The summed E-state index contributed by atoms with van der Waals surface area (Å²) in [5, 5.41) is 7.13. The van der Waals surface area contributed by atoms with E-state index >= 15 is 0 Å². The fourth-order valence-electron chi connectivity index (χ4n) is 1.13. The summed E-state index contributed by atoms with van der Waals surface area (Å²) in [6.07, 6.45) is 0. The normalized spacial score (nSPS) is 13.7. The van der Waals surface area contributed by atoms with Crippen LogP contribution < -0.4 is 21.3 Å². The summed E-state index contributed by atoms with van der Waals surface area (Å²) in [6, 6.07) is 0. The molecule has 0 saturated carbocycles. The largest absolute Gasteiger partial charge is 0.256 e. The Bertz CT molecular complexity index is 424. The summed E-state index contributed by atoms with van der Waals surface area (Å²) in [6.45, 7) is 5.61. The van der Waals surface area contributed by atoms with E-state index in [0.29, 0.717) is 11.2 Å². The maximum Gasteiger partial charge on any atom is 0.180 e. The molecule has 0 bridgehead atoms. The highest BCUT2D eigenvalue weighted by Crippen LogP contribution is 1.99. The van der Waals surface area contributed by atoms with Gasteiger partial charge >= 0.3 is 0 Å². The number of nitrogens with one attached hydrogen (secondary N) is 1. The molecular formula is C7H9N5. The minimum Gasteiger partial charge on any atom is -0.256 e. The first-order valence-corrected chi connectivity index (χ1v) is 3.59. The molecule has 2 rings (SSSR count). The number of anilines is 1. The molecule has 0 unspecified atom stereocenters. The Balaban J connectivity index is 2.81. The van der Waals surface area contributed by atoms with Gasteiger partial charge in [0.1, 0.15) is 5.82 Å². The first-order valence-electron chi connectivity index (χ1n) is 3.59. The average Bonchev–Trinajstić information content (AvgIpc) is 2.33. The molecule has 1 aromatic rings. The van der Waals surface area contributed by atoms with Crippen molar-refractivity contribution in [1.29, 1.82) is 0 Å². The molecule has 2 heterocycles. The molecule has 1 aliphatic heterocycles. The van der Waals surface area contributed by atoms with Crippen LogP contribution in [0.2, 0.25) is 0 Å². The predicted octanol–water partition coefficient (Wildman–Crippen LogP) is -1.32. The molecule has 1 aliphatic rings. The zero-order valence-electron chi connectivity index (χ0n) is 7.00. The number of rotatable bonds is 0. The third-order valence-corrected chi connectivity index (χ3v) is 1.68. The van der Waals surface area contributed by atoms with Crippen molar-refractivity contribution in [3.05, 3.63) is 16.5 Å². The number of aryl methyl sites for hydroxylation is 1. The fourth-order valence-corrected chi connectivity index (χ4v) is 1.13. The van der Waals surface area contributed by atoms with Gasteiger partial charge in [0.2, 0.25) is 0 Å². The summed E-state index contributed by atoms with van der Waals surface area (Å²) in [4.78, 5) is 8.31. The van der Waals surface area contributed by atoms with E-state index in [1.807, 2.05) is 14.0 Å². The minimum absolute atomic E-state index is 0.661. The van der Waals surface area contributed by atoms with Gasteiger partial charge in [-0.3, -0.25) is 5.01 Å². The van der Waals surface area contributed by atoms with Crippen LogP contribution in [0.15, 0.2) is 5.10 Å². The monoisotopic (exact) mass is 163 g/mol. The van der Waals surface area contributed by atoms with Crippen molar-refractivity contribution in [2.24, 2.45) is 5.10 Å². The van der Waals surface area contributed by atoms with Gasteiger partial charge in [-0.1, -0.05) is 6.58 Å². The molecule has 1 aromatic heterocycles. The van der Waals surface area contributed by atoms with Crippen LogP contribution in [-0.2, 0) is 0 Å². The number of aromatic nitrogens is 2. The van der Waals surface area contributed by atoms with E-state index in [1.165, 1.54) is 0 Å². The fraction of sp³-hybridized carbons (Fsp3) is 0.286. The number of fused-ring (bicyclic) bond motifs is 1. The second kappa shape index (κ2) is 2.17. The van der Waals surface area contributed by atoms with Crippen molar-refractivity contribution in [2.75, 3.05) is 12.1 Å². The van der Waals surface area contributed by atoms with Crippen LogP contribution in [0.5, 0.6) is 0 Å². The molecule has 0 fully saturated rings. The highest BCUT2D eigenvalue weighted by molar-refractivity contribution is 5.37. The third-order valence-electron chi connectivity index (χ3n) is 1.68. The summed E-state index contributed by atoms with van der Waals surface area (Å²) >= 11 is 0. The molecule has 62 valence electrons. The standard InChI is InChI=1S/C7H9N5/c1-4-6-7(9-5(2)8-4)12(3)11-10-6/h11H,1H2,2-3H3. The Morgan fingerprint density at radius 1 is 1.42 bits per heavy atom. The molecule has 0 amide bonds. The van der Waals surface area contributed by atoms with Gasteiger partial charge < -0.3 is 0 Å². The van der Waals surface area contributed by atoms with Crippen LogP contribution in [0.1, 0.15) is 5.82 Å². The molecule has 0 saturated heterocycles. The van der Waals surface area contributed by atoms with Crippen LogP contribution in [-0.4, -0.2) is 17.0 Å². The number of hydrogen-bond donors (Lipinski definition) is 1. The second-order valence-electron chi connectivity index (χ2n) is 2.66. The predicted molar refractivity (Wildman–Crippen MR) is 44.6 cm³/mol. The lowest BCUT2D eigenvalue weighted by Crippen LogP contribution is -2.32. The van der Waals surface area contributed by atoms with Crippen molar-refractivity contribution in [3.63, 3.8) is 0 Å². The summed E-state index contributed by atoms with van der Waals surface area (Å²) in [7, 11) is 1.85. The van der Waals surface area contributed by atoms with Crippen LogP contribution >= 0.6 is 0 Å². The van der Waals surface area contributed by atoms with Crippen LogP contribution in [0, 0.1) is 6.92 Å². The van der Waals surface area contributed by atoms with E-state index in [9.17, 15) is 0 Å². The zero-order chi connectivity index (χ0) is 8.72. The molecule has 5 heteroatoms. The molecule has 0 aliphatic carbocycles. The highest BCUT2D eigenvalue weighted by atomic mass is 15.7. The van der Waals surface area contributed by atoms with Crippen molar-refractivity contribution in [1.82, 2.24) is 15.5 Å². The molecule has 0 radical (unpaired) electrons. The molecule has 0 aromatic carbocycles. The Labute approximate surface area is 69.4 Å². The van der Waals surface area contributed by atoms with Crippen molar-refractivity contribution >= 4 is 12.4 Å². The van der Waals surface area contributed by atoms with Gasteiger partial charge in [0, 0.05) is 7.05 Å². The second-order valence-corrected chi connectivity index (χ2v) is 2.66. The van der Waals surface area contributed by atoms with E-state index in [2.05, 4.69) is 27.2 Å². The van der Waals surface area contributed by atoms with Crippen LogP contribution in [0.3, 0.4) is 0 Å². The quantitative estimate of drug-likeness (QED) is 0.515. The van der Waals surface area contributed by atoms with E-state index in [-0.39, 0.29) is 0 Å². The topological polar surface area (TPSA) is 53.4 Å². The smallest absolute Gasteiger partial charge is 0.180 e. The Morgan fingerprint density at radius 3 is 2.92 bits per heavy atom. The average molecular weight is 163 g/mol. The van der Waals surface area contributed by atoms with Gasteiger partial charge in [-0.05, 0) is 6.92 Å². The van der Waals surface area contributed by atoms with Crippen molar-refractivity contribution < 1.29 is 0 Å². The third kappa shape index (κ3) is 0.827. The van der Waals surface area contributed by atoms with Gasteiger partial charge in [-0.25, -0.2) is 15.5 Å². The maximum atomic E-state index is 4.21. The van der Waals surface area contributed by atoms with Gasteiger partial charge in [-0.2, -0.15) is 5.10 Å². The summed E-state index contributed by atoms with van der Waals surface area (Å²) in [5.74, 6) is 1.50. The molecule has 12 heavy (non-hydrogen) atoms. The molecule has 0 atom stereocenters. The minimum atomic E-state index is 0.661. The highest BCUT2D eigenvalue weighted by Gasteiger charge is 2.12. The molecule has 5 nitrogen and oxygen atoms in total. The lowest BCUT2D eigenvalue weighted by molar-refractivity contribution is 0.740. The SMILES string of the molecule is C=c1nc(C)nc2c1=NNN2C. The number of hydrazine groups is 1. The van der Waals surface area contributed by atoms with Crippen molar-refractivity contribution in [2.45, 2.75) is 6.92 Å². The van der Waals surface area contributed by atoms with Crippen LogP contribution in [0.25, 0.3) is 6.58 Å². The number of hydrogen-bond acceptors (Lipinski definition) is 5. The molecular weight excluding hydrogens is 154 g/mol. The zero-order valence-corrected chi connectivity index (χ0v) is 7.00. The Morgan fingerprint density at radius 2 is 2.17 bits per heavy atom. The van der Waals surface area contributed by atoms with Crippen LogP contribution in [0.4, 0.5) is 5.82 Å². The van der Waals surface area contributed by atoms with E-state index < -0.39 is 0 Å². The Kier molecular flexibility index (Phi) is 1.27. The molecule has 0 spiro atoms. The first kappa shape index (κ1) is 7.02. The van der Waals surface area contributed by atoms with Gasteiger partial charge in [-0.15, -0.1) is 0 Å². The number of nitrogens with zero attached hydrogens (tertiary/aromatic N) is 4. The van der Waals surface area contributed by atoms with E-state index in [4.69, 9.17) is 0 Å². The van der Waals surface area contributed by atoms with Gasteiger partial charge in [0.15, 0.2) is 11.2 Å². The van der Waals surface area contributed by atoms with Gasteiger partial charge in [0.05, 0.1) is 5.35 Å². The summed E-state index contributed by atoms with van der Waals surface area (Å²) < 4.78 is 0. The van der Waals surface area contributed by atoms with Crippen molar-refractivity contribution in [3.8, 4) is 0 Å². The van der Waals surface area contributed by atoms with E-state index in [1.54, 1.807) is 5.01 Å². The molecule has 1 N–H and O–H groups in total. The lowest BCUT2D eigenvalue weighted by Gasteiger charge is -2.08. The lowest BCUT2D eigenvalue weighted by atomic mass is 10.4. The summed E-state index contributed by atoms with van der Waals surface area (Å²) in [5.41, 5.74) is 2.77. The Hall–Kier alpha value is -1.65. The van der Waals surface area contributed by atoms with E-state index in [0.717, 1.165) is 11.2 Å². The maximum absolute atomic E-state index is 4.21. The first-order chi connectivity index (χ1) is 5.68. The van der Waals surface area contributed by atoms with Gasteiger partial charge in [0.25, 0.3) is 0 Å².